The molecule has 1 aliphatic rings. The van der Waals surface area contributed by atoms with Crippen LogP contribution >= 0.6 is 0 Å². The van der Waals surface area contributed by atoms with E-state index in [1.165, 1.54) is 41.6 Å². The molecule has 2 aromatic rings. The van der Waals surface area contributed by atoms with Crippen LogP contribution in [0.15, 0.2) is 48.5 Å². The third-order valence-corrected chi connectivity index (χ3v) is 5.00. The number of anilines is 1. The molecule has 2 atom stereocenters. The molecule has 3 rings (SSSR count). The van der Waals surface area contributed by atoms with Crippen LogP contribution in [0.5, 0.6) is 0 Å². The van der Waals surface area contributed by atoms with Gasteiger partial charge in [-0.3, -0.25) is 0 Å². The lowest BCUT2D eigenvalue weighted by Gasteiger charge is -2.35. The van der Waals surface area contributed by atoms with E-state index in [1.54, 1.807) is 0 Å². The van der Waals surface area contributed by atoms with E-state index in [9.17, 15) is 0 Å². The SMILES string of the molecule is CCc1ccc2c(c1)CC(CCCNC)C(c1ccccc1)N2. The van der Waals surface area contributed by atoms with E-state index in [-0.39, 0.29) is 0 Å². The normalized spacial score (nSPS) is 19.9. The van der Waals surface area contributed by atoms with Crippen molar-refractivity contribution in [3.63, 3.8) is 0 Å². The Labute approximate surface area is 140 Å². The topological polar surface area (TPSA) is 24.1 Å². The van der Waals surface area contributed by atoms with Gasteiger partial charge in [0.1, 0.15) is 0 Å². The zero-order chi connectivity index (χ0) is 16.1. The highest BCUT2D eigenvalue weighted by atomic mass is 14.9. The molecule has 0 bridgehead atoms. The fraction of sp³-hybridized carbons (Fsp3) is 0.429. The van der Waals surface area contributed by atoms with Crippen LogP contribution < -0.4 is 10.6 Å². The van der Waals surface area contributed by atoms with Gasteiger partial charge >= 0.3 is 0 Å². The van der Waals surface area contributed by atoms with Gasteiger partial charge in [0.25, 0.3) is 0 Å². The molecule has 122 valence electrons. The van der Waals surface area contributed by atoms with E-state index in [1.807, 2.05) is 7.05 Å². The molecule has 2 unspecified atom stereocenters. The molecule has 23 heavy (non-hydrogen) atoms. The first-order valence-electron chi connectivity index (χ1n) is 8.89. The van der Waals surface area contributed by atoms with Crippen molar-refractivity contribution in [2.45, 2.75) is 38.6 Å². The molecule has 0 fully saturated rings. The van der Waals surface area contributed by atoms with Gasteiger partial charge in [-0.2, -0.15) is 0 Å². The zero-order valence-corrected chi connectivity index (χ0v) is 14.3. The molecule has 1 aliphatic heterocycles. The summed E-state index contributed by atoms with van der Waals surface area (Å²) in [6.07, 6.45) is 4.78. The van der Waals surface area contributed by atoms with Crippen LogP contribution in [0.1, 0.15) is 42.5 Å². The fourth-order valence-corrected chi connectivity index (χ4v) is 3.69. The highest BCUT2D eigenvalue weighted by Gasteiger charge is 2.28. The van der Waals surface area contributed by atoms with Crippen molar-refractivity contribution < 1.29 is 0 Å². The first-order valence-corrected chi connectivity index (χ1v) is 8.89. The first-order chi connectivity index (χ1) is 11.3. The summed E-state index contributed by atoms with van der Waals surface area (Å²) in [6, 6.07) is 18.3. The summed E-state index contributed by atoms with van der Waals surface area (Å²) in [5.74, 6) is 0.658. The van der Waals surface area contributed by atoms with Crippen molar-refractivity contribution in [2.24, 2.45) is 5.92 Å². The summed E-state index contributed by atoms with van der Waals surface area (Å²) in [5.41, 5.74) is 5.66. The Morgan fingerprint density at radius 3 is 2.70 bits per heavy atom. The molecular weight excluding hydrogens is 280 g/mol. The molecule has 2 N–H and O–H groups in total. The molecule has 0 saturated heterocycles. The van der Waals surface area contributed by atoms with E-state index in [2.05, 4.69) is 66.1 Å². The van der Waals surface area contributed by atoms with Crippen LogP contribution in [0.2, 0.25) is 0 Å². The minimum atomic E-state index is 0.424. The number of aryl methyl sites for hydroxylation is 1. The van der Waals surface area contributed by atoms with Crippen LogP contribution in [0.3, 0.4) is 0 Å². The van der Waals surface area contributed by atoms with Crippen molar-refractivity contribution in [3.8, 4) is 0 Å². The predicted octanol–water partition coefficient (Wildman–Crippen LogP) is 4.57. The molecular formula is C21H28N2. The Hall–Kier alpha value is -1.80. The maximum atomic E-state index is 3.82. The van der Waals surface area contributed by atoms with Crippen LogP contribution in [0.4, 0.5) is 5.69 Å². The van der Waals surface area contributed by atoms with Crippen LogP contribution in [-0.4, -0.2) is 13.6 Å². The monoisotopic (exact) mass is 308 g/mol. The zero-order valence-electron chi connectivity index (χ0n) is 14.3. The molecule has 0 aromatic heterocycles. The van der Waals surface area contributed by atoms with E-state index < -0.39 is 0 Å². The van der Waals surface area contributed by atoms with Gasteiger partial charge < -0.3 is 10.6 Å². The minimum Gasteiger partial charge on any atom is -0.378 e. The average molecular weight is 308 g/mol. The summed E-state index contributed by atoms with van der Waals surface area (Å²) in [4.78, 5) is 0. The molecule has 2 heteroatoms. The van der Waals surface area contributed by atoms with Crippen molar-refractivity contribution >= 4 is 5.69 Å². The van der Waals surface area contributed by atoms with Gasteiger partial charge in [-0.25, -0.2) is 0 Å². The predicted molar refractivity (Wildman–Crippen MR) is 99.0 cm³/mol. The molecule has 2 aromatic carbocycles. The minimum absolute atomic E-state index is 0.424. The summed E-state index contributed by atoms with van der Waals surface area (Å²) in [5, 5.41) is 7.10. The highest BCUT2D eigenvalue weighted by molar-refractivity contribution is 5.57. The lowest BCUT2D eigenvalue weighted by Crippen LogP contribution is -2.28. The summed E-state index contributed by atoms with van der Waals surface area (Å²) >= 11 is 0. The second-order valence-electron chi connectivity index (χ2n) is 6.59. The lowest BCUT2D eigenvalue weighted by molar-refractivity contribution is 0.394. The van der Waals surface area contributed by atoms with Crippen molar-refractivity contribution in [1.82, 2.24) is 5.32 Å². The van der Waals surface area contributed by atoms with Gasteiger partial charge in [0.15, 0.2) is 0 Å². The van der Waals surface area contributed by atoms with E-state index >= 15 is 0 Å². The second kappa shape index (κ2) is 7.65. The maximum absolute atomic E-state index is 3.82. The van der Waals surface area contributed by atoms with Gasteiger partial charge in [-0.1, -0.05) is 49.4 Å². The highest BCUT2D eigenvalue weighted by Crippen LogP contribution is 2.39. The van der Waals surface area contributed by atoms with E-state index in [4.69, 9.17) is 0 Å². The summed E-state index contributed by atoms with van der Waals surface area (Å²) < 4.78 is 0. The number of hydrogen-bond donors (Lipinski definition) is 2. The van der Waals surface area contributed by atoms with Gasteiger partial charge in [0.2, 0.25) is 0 Å². The molecule has 0 saturated carbocycles. The number of fused-ring (bicyclic) bond motifs is 1. The first kappa shape index (κ1) is 16.1. The average Bonchev–Trinajstić information content (AvgIpc) is 2.61. The third-order valence-electron chi connectivity index (χ3n) is 5.00. The van der Waals surface area contributed by atoms with E-state index in [0.29, 0.717) is 12.0 Å². The number of hydrogen-bond acceptors (Lipinski definition) is 2. The van der Waals surface area contributed by atoms with Crippen molar-refractivity contribution in [1.29, 1.82) is 0 Å². The Morgan fingerprint density at radius 2 is 1.96 bits per heavy atom. The Balaban J connectivity index is 1.86. The van der Waals surface area contributed by atoms with Gasteiger partial charge in [-0.15, -0.1) is 0 Å². The largest absolute Gasteiger partial charge is 0.378 e. The van der Waals surface area contributed by atoms with Crippen LogP contribution in [-0.2, 0) is 12.8 Å². The van der Waals surface area contributed by atoms with Crippen molar-refractivity contribution in [2.75, 3.05) is 18.9 Å². The fourth-order valence-electron chi connectivity index (χ4n) is 3.69. The quantitative estimate of drug-likeness (QED) is 0.764. The standard InChI is InChI=1S/C21H28N2/c1-3-16-11-12-20-19(14-16)15-18(10-7-13-22-2)21(23-20)17-8-5-4-6-9-17/h4-6,8-9,11-12,14,18,21-23H,3,7,10,13,15H2,1-2H3. The van der Waals surface area contributed by atoms with Crippen LogP contribution in [0.25, 0.3) is 0 Å². The molecule has 0 amide bonds. The van der Waals surface area contributed by atoms with Gasteiger partial charge in [0, 0.05) is 5.69 Å². The Morgan fingerprint density at radius 1 is 1.13 bits per heavy atom. The molecule has 1 heterocycles. The Kier molecular flexibility index (Phi) is 5.35. The number of rotatable bonds is 6. The van der Waals surface area contributed by atoms with Crippen LogP contribution in [0, 0.1) is 5.92 Å². The Bertz CT molecular complexity index is 621. The lowest BCUT2D eigenvalue weighted by atomic mass is 9.80. The van der Waals surface area contributed by atoms with Crippen molar-refractivity contribution in [3.05, 3.63) is 65.2 Å². The van der Waals surface area contributed by atoms with Gasteiger partial charge in [-0.05, 0) is 68.0 Å². The smallest absolute Gasteiger partial charge is 0.0545 e. The summed E-state index contributed by atoms with van der Waals surface area (Å²) in [7, 11) is 2.04. The summed E-state index contributed by atoms with van der Waals surface area (Å²) in [6.45, 7) is 3.33. The van der Waals surface area contributed by atoms with Gasteiger partial charge in [0.05, 0.1) is 6.04 Å². The second-order valence-corrected chi connectivity index (χ2v) is 6.59. The third kappa shape index (κ3) is 3.76. The molecule has 0 radical (unpaired) electrons. The number of nitrogens with one attached hydrogen (secondary N) is 2. The molecule has 2 nitrogen and oxygen atoms in total. The molecule has 0 aliphatic carbocycles. The maximum Gasteiger partial charge on any atom is 0.0545 e. The number of benzene rings is 2. The van der Waals surface area contributed by atoms with E-state index in [0.717, 1.165) is 13.0 Å². The molecule has 0 spiro atoms.